The lowest BCUT2D eigenvalue weighted by Crippen LogP contribution is -2.22. The number of hydrogen-bond donors (Lipinski definition) is 1. The van der Waals surface area contributed by atoms with E-state index in [1.807, 2.05) is 20.3 Å². The van der Waals surface area contributed by atoms with Gasteiger partial charge in [-0.1, -0.05) is 19.1 Å². The third-order valence-electron chi connectivity index (χ3n) is 2.45. The van der Waals surface area contributed by atoms with Crippen LogP contribution in [0.1, 0.15) is 26.0 Å². The van der Waals surface area contributed by atoms with Crippen LogP contribution in [0.5, 0.6) is 0 Å². The van der Waals surface area contributed by atoms with E-state index in [0.717, 1.165) is 24.6 Å². The summed E-state index contributed by atoms with van der Waals surface area (Å²) in [6.45, 7) is 5.58. The van der Waals surface area contributed by atoms with Gasteiger partial charge in [-0.2, -0.15) is 0 Å². The smallest absolute Gasteiger partial charge is 0.0830 e. The second kappa shape index (κ2) is 5.85. The molecule has 1 unspecified atom stereocenters. The SMILES string of the molecule is CNCC(Cc1cn(C)nn1)CC(C)C. The van der Waals surface area contributed by atoms with Crippen LogP contribution >= 0.6 is 0 Å². The van der Waals surface area contributed by atoms with Crippen LogP contribution in [-0.2, 0) is 13.5 Å². The van der Waals surface area contributed by atoms with E-state index in [4.69, 9.17) is 0 Å². The third-order valence-corrected chi connectivity index (χ3v) is 2.45. The van der Waals surface area contributed by atoms with Crippen molar-refractivity contribution in [3.05, 3.63) is 11.9 Å². The Balaban J connectivity index is 2.50. The van der Waals surface area contributed by atoms with Crippen molar-refractivity contribution >= 4 is 0 Å². The molecule has 1 heterocycles. The summed E-state index contributed by atoms with van der Waals surface area (Å²) in [6.07, 6.45) is 4.26. The third kappa shape index (κ3) is 4.42. The molecule has 0 saturated carbocycles. The van der Waals surface area contributed by atoms with Crippen molar-refractivity contribution in [1.29, 1.82) is 0 Å². The molecule has 0 saturated heterocycles. The van der Waals surface area contributed by atoms with E-state index < -0.39 is 0 Å². The summed E-state index contributed by atoms with van der Waals surface area (Å²) in [5.74, 6) is 1.40. The average molecular weight is 210 g/mol. The van der Waals surface area contributed by atoms with Gasteiger partial charge in [0.05, 0.1) is 5.69 Å². The first-order valence-electron chi connectivity index (χ1n) is 5.61. The Labute approximate surface area is 92.1 Å². The highest BCUT2D eigenvalue weighted by molar-refractivity contribution is 4.94. The lowest BCUT2D eigenvalue weighted by atomic mass is 9.93. The van der Waals surface area contributed by atoms with Gasteiger partial charge in [-0.25, -0.2) is 0 Å². The van der Waals surface area contributed by atoms with Gasteiger partial charge in [-0.3, -0.25) is 4.68 Å². The number of aromatic nitrogens is 3. The monoisotopic (exact) mass is 210 g/mol. The van der Waals surface area contributed by atoms with Crippen LogP contribution in [0.4, 0.5) is 0 Å². The van der Waals surface area contributed by atoms with Crippen LogP contribution in [0.2, 0.25) is 0 Å². The molecule has 1 aromatic heterocycles. The maximum Gasteiger partial charge on any atom is 0.0830 e. The summed E-state index contributed by atoms with van der Waals surface area (Å²) in [7, 11) is 3.91. The molecule has 0 aromatic carbocycles. The molecule has 4 nitrogen and oxygen atoms in total. The lowest BCUT2D eigenvalue weighted by molar-refractivity contribution is 0.392. The van der Waals surface area contributed by atoms with Gasteiger partial charge in [0, 0.05) is 13.2 Å². The second-order valence-corrected chi connectivity index (χ2v) is 4.64. The summed E-state index contributed by atoms with van der Waals surface area (Å²) in [5.41, 5.74) is 1.10. The van der Waals surface area contributed by atoms with Crippen molar-refractivity contribution in [1.82, 2.24) is 20.3 Å². The Hall–Kier alpha value is -0.900. The molecule has 1 aromatic rings. The van der Waals surface area contributed by atoms with Crippen LogP contribution in [-0.4, -0.2) is 28.6 Å². The molecule has 1 N–H and O–H groups in total. The van der Waals surface area contributed by atoms with Crippen LogP contribution in [0.25, 0.3) is 0 Å². The summed E-state index contributed by atoms with van der Waals surface area (Å²) >= 11 is 0. The van der Waals surface area contributed by atoms with Crippen molar-refractivity contribution in [3.63, 3.8) is 0 Å². The van der Waals surface area contributed by atoms with Crippen molar-refractivity contribution in [2.45, 2.75) is 26.7 Å². The van der Waals surface area contributed by atoms with Crippen molar-refractivity contribution in [2.75, 3.05) is 13.6 Å². The largest absolute Gasteiger partial charge is 0.319 e. The van der Waals surface area contributed by atoms with Crippen molar-refractivity contribution in [3.8, 4) is 0 Å². The maximum absolute atomic E-state index is 4.13. The first-order valence-corrected chi connectivity index (χ1v) is 5.61. The fraction of sp³-hybridized carbons (Fsp3) is 0.818. The minimum atomic E-state index is 0.659. The number of aryl methyl sites for hydroxylation is 1. The van der Waals surface area contributed by atoms with Gasteiger partial charge >= 0.3 is 0 Å². The van der Waals surface area contributed by atoms with Crippen LogP contribution < -0.4 is 5.32 Å². The van der Waals surface area contributed by atoms with Gasteiger partial charge in [0.1, 0.15) is 0 Å². The van der Waals surface area contributed by atoms with Gasteiger partial charge in [0.2, 0.25) is 0 Å². The van der Waals surface area contributed by atoms with Gasteiger partial charge < -0.3 is 5.32 Å². The van der Waals surface area contributed by atoms with Crippen molar-refractivity contribution < 1.29 is 0 Å². The molecule has 0 radical (unpaired) electrons. The van der Waals surface area contributed by atoms with Gasteiger partial charge in [0.25, 0.3) is 0 Å². The topological polar surface area (TPSA) is 42.7 Å². The zero-order valence-corrected chi connectivity index (χ0v) is 10.2. The molecule has 1 atom stereocenters. The van der Waals surface area contributed by atoms with E-state index in [-0.39, 0.29) is 0 Å². The lowest BCUT2D eigenvalue weighted by Gasteiger charge is -2.17. The Kier molecular flexibility index (Phi) is 4.75. The fourth-order valence-electron chi connectivity index (χ4n) is 1.98. The van der Waals surface area contributed by atoms with E-state index in [1.165, 1.54) is 6.42 Å². The Morgan fingerprint density at radius 3 is 2.67 bits per heavy atom. The van der Waals surface area contributed by atoms with E-state index in [9.17, 15) is 0 Å². The highest BCUT2D eigenvalue weighted by atomic mass is 15.4. The van der Waals surface area contributed by atoms with Crippen molar-refractivity contribution in [2.24, 2.45) is 18.9 Å². The molecule has 4 heteroatoms. The predicted molar refractivity (Wildman–Crippen MR) is 61.6 cm³/mol. The van der Waals surface area contributed by atoms with Gasteiger partial charge in [0.15, 0.2) is 0 Å². The van der Waals surface area contributed by atoms with Crippen LogP contribution in [0.3, 0.4) is 0 Å². The normalized spacial score (nSPS) is 13.4. The summed E-state index contributed by atoms with van der Waals surface area (Å²) in [5, 5.41) is 11.3. The predicted octanol–water partition coefficient (Wildman–Crippen LogP) is 1.24. The number of rotatable bonds is 6. The maximum atomic E-state index is 4.13. The molecule has 0 aliphatic rings. The molecular weight excluding hydrogens is 188 g/mol. The quantitative estimate of drug-likeness (QED) is 0.768. The summed E-state index contributed by atoms with van der Waals surface area (Å²) in [4.78, 5) is 0. The standard InChI is InChI=1S/C11H22N4/c1-9(2)5-10(7-12-3)6-11-8-15(4)14-13-11/h8-10,12H,5-7H2,1-4H3. The molecule has 0 bridgehead atoms. The summed E-state index contributed by atoms with van der Waals surface area (Å²) in [6, 6.07) is 0. The Morgan fingerprint density at radius 2 is 2.20 bits per heavy atom. The number of nitrogens with zero attached hydrogens (tertiary/aromatic N) is 3. The molecule has 0 fully saturated rings. The minimum Gasteiger partial charge on any atom is -0.319 e. The fourth-order valence-corrected chi connectivity index (χ4v) is 1.98. The molecule has 86 valence electrons. The summed E-state index contributed by atoms with van der Waals surface area (Å²) < 4.78 is 1.77. The first kappa shape index (κ1) is 12.2. The van der Waals surface area contributed by atoms with Crippen LogP contribution in [0, 0.1) is 11.8 Å². The van der Waals surface area contributed by atoms with E-state index >= 15 is 0 Å². The highest BCUT2D eigenvalue weighted by Gasteiger charge is 2.12. The van der Waals surface area contributed by atoms with Gasteiger partial charge in [-0.15, -0.1) is 5.10 Å². The Bertz CT molecular complexity index is 280. The highest BCUT2D eigenvalue weighted by Crippen LogP contribution is 2.15. The molecule has 15 heavy (non-hydrogen) atoms. The first-order chi connectivity index (χ1) is 7.11. The molecular formula is C11H22N4. The minimum absolute atomic E-state index is 0.659. The Morgan fingerprint density at radius 1 is 1.47 bits per heavy atom. The molecule has 0 aliphatic carbocycles. The zero-order valence-electron chi connectivity index (χ0n) is 10.2. The zero-order chi connectivity index (χ0) is 11.3. The van der Waals surface area contributed by atoms with E-state index in [0.29, 0.717) is 5.92 Å². The number of hydrogen-bond acceptors (Lipinski definition) is 3. The molecule has 0 aliphatic heterocycles. The van der Waals surface area contributed by atoms with Crippen LogP contribution in [0.15, 0.2) is 6.20 Å². The molecule has 0 amide bonds. The molecule has 0 spiro atoms. The molecule has 1 rings (SSSR count). The number of nitrogens with one attached hydrogen (secondary N) is 1. The second-order valence-electron chi connectivity index (χ2n) is 4.64. The van der Waals surface area contributed by atoms with Gasteiger partial charge in [-0.05, 0) is 38.3 Å². The van der Waals surface area contributed by atoms with E-state index in [1.54, 1.807) is 4.68 Å². The average Bonchev–Trinajstić information content (AvgIpc) is 2.50. The van der Waals surface area contributed by atoms with E-state index in [2.05, 4.69) is 29.5 Å².